The van der Waals surface area contributed by atoms with Crippen LogP contribution in [0.3, 0.4) is 0 Å². The van der Waals surface area contributed by atoms with Crippen LogP contribution in [-0.4, -0.2) is 29.1 Å². The van der Waals surface area contributed by atoms with Gasteiger partial charge in [0.2, 0.25) is 0 Å². The van der Waals surface area contributed by atoms with E-state index in [4.69, 9.17) is 13.3 Å². The van der Waals surface area contributed by atoms with Crippen LogP contribution in [0.15, 0.2) is 0 Å². The van der Waals surface area contributed by atoms with E-state index < -0.39 is 8.80 Å². The van der Waals surface area contributed by atoms with E-state index >= 15 is 0 Å². The van der Waals surface area contributed by atoms with Gasteiger partial charge in [-0.3, -0.25) is 0 Å². The first-order valence-electron chi connectivity index (χ1n) is 4.87. The first-order valence-corrected chi connectivity index (χ1v) is 6.80. The molecule has 0 saturated heterocycles. The molecule has 0 rings (SSSR count). The van der Waals surface area contributed by atoms with Crippen LogP contribution in [-0.2, 0) is 13.3 Å². The molecule has 0 aliphatic carbocycles. The monoisotopic (exact) mass is 205 g/mol. The molecule has 0 unspecified atom stereocenters. The van der Waals surface area contributed by atoms with Crippen LogP contribution < -0.4 is 0 Å². The van der Waals surface area contributed by atoms with Crippen molar-refractivity contribution in [1.82, 2.24) is 0 Å². The molecule has 0 fully saturated rings. The van der Waals surface area contributed by atoms with E-state index in [0.717, 1.165) is 18.9 Å². The van der Waals surface area contributed by atoms with Crippen LogP contribution in [0.25, 0.3) is 0 Å². The van der Waals surface area contributed by atoms with Gasteiger partial charge in [0.1, 0.15) is 0 Å². The highest BCUT2D eigenvalue weighted by Crippen LogP contribution is 2.17. The molecule has 0 spiro atoms. The van der Waals surface area contributed by atoms with Gasteiger partial charge < -0.3 is 13.3 Å². The average Bonchev–Trinajstić information content (AvgIpc) is 2.15. The maximum absolute atomic E-state index is 5.59. The Labute approximate surface area is 82.8 Å². The number of rotatable bonds is 8. The molecular formula is C9H21O3Si. The predicted molar refractivity (Wildman–Crippen MR) is 55.4 cm³/mol. The second kappa shape index (κ2) is 7.50. The summed E-state index contributed by atoms with van der Waals surface area (Å²) in [6, 6.07) is 0.870. The van der Waals surface area contributed by atoms with Crippen LogP contribution in [0.2, 0.25) is 6.04 Å². The largest absolute Gasteiger partial charge is 0.500 e. The Bertz CT molecular complexity index is 113. The van der Waals surface area contributed by atoms with Gasteiger partial charge in [0.15, 0.2) is 0 Å². The van der Waals surface area contributed by atoms with Crippen LogP contribution in [0.5, 0.6) is 0 Å². The van der Waals surface area contributed by atoms with Crippen LogP contribution in [0.1, 0.15) is 26.7 Å². The summed E-state index contributed by atoms with van der Waals surface area (Å²) >= 11 is 0. The molecule has 4 heteroatoms. The molecule has 0 heterocycles. The Kier molecular flexibility index (Phi) is 7.55. The summed E-state index contributed by atoms with van der Waals surface area (Å²) in [7, 11) is -0.663. The van der Waals surface area contributed by atoms with Crippen LogP contribution >= 0.6 is 0 Å². The summed E-state index contributed by atoms with van der Waals surface area (Å²) < 4.78 is 16.6. The summed E-state index contributed by atoms with van der Waals surface area (Å²) in [4.78, 5) is 0. The molecule has 0 aliphatic heterocycles. The van der Waals surface area contributed by atoms with E-state index in [0.29, 0.717) is 13.2 Å². The molecule has 13 heavy (non-hydrogen) atoms. The first-order chi connectivity index (χ1) is 6.24. The Balaban J connectivity index is 4.07. The lowest BCUT2D eigenvalue weighted by Gasteiger charge is -2.26. The molecule has 79 valence electrons. The van der Waals surface area contributed by atoms with E-state index in [1.54, 1.807) is 7.11 Å². The Hall–Kier alpha value is 0.0969. The number of hydrogen-bond acceptors (Lipinski definition) is 3. The molecular weight excluding hydrogens is 184 g/mol. The molecule has 1 radical (unpaired) electrons. The van der Waals surface area contributed by atoms with Crippen molar-refractivity contribution >= 4 is 8.80 Å². The maximum Gasteiger partial charge on any atom is 0.500 e. The minimum atomic E-state index is -2.33. The maximum atomic E-state index is 5.59. The van der Waals surface area contributed by atoms with E-state index in [2.05, 4.69) is 6.92 Å². The fraction of sp³-hybridized carbons (Fsp3) is 0.889. The molecule has 0 amide bonds. The van der Waals surface area contributed by atoms with E-state index in [-0.39, 0.29) is 0 Å². The molecule has 0 aromatic rings. The highest BCUT2D eigenvalue weighted by atomic mass is 28.4. The standard InChI is InChI=1S/C9H21O3Si/c1-5-8-9-13(10-4,11-6-2)12-7-3/h1,5-9H2,2-4H3. The zero-order valence-electron chi connectivity index (χ0n) is 8.97. The lowest BCUT2D eigenvalue weighted by molar-refractivity contribution is 0.0862. The third-order valence-corrected chi connectivity index (χ3v) is 4.82. The van der Waals surface area contributed by atoms with Gasteiger partial charge in [-0.2, -0.15) is 0 Å². The summed E-state index contributed by atoms with van der Waals surface area (Å²) in [6.45, 7) is 9.02. The molecule has 0 bridgehead atoms. The van der Waals surface area contributed by atoms with Crippen LogP contribution in [0, 0.1) is 6.92 Å². The minimum Gasteiger partial charge on any atom is -0.377 e. The second-order valence-electron chi connectivity index (χ2n) is 2.71. The van der Waals surface area contributed by atoms with Crippen LogP contribution in [0.4, 0.5) is 0 Å². The highest BCUT2D eigenvalue weighted by Gasteiger charge is 2.38. The number of hydrogen-bond donors (Lipinski definition) is 0. The van der Waals surface area contributed by atoms with E-state index in [1.807, 2.05) is 13.8 Å². The van der Waals surface area contributed by atoms with Gasteiger partial charge in [0.25, 0.3) is 0 Å². The topological polar surface area (TPSA) is 27.7 Å². The average molecular weight is 205 g/mol. The summed E-state index contributed by atoms with van der Waals surface area (Å²) in [5.74, 6) is 0. The first kappa shape index (κ1) is 13.1. The Morgan fingerprint density at radius 3 is 2.00 bits per heavy atom. The molecule has 0 N–H and O–H groups in total. The predicted octanol–water partition coefficient (Wildman–Crippen LogP) is 2.26. The SMILES string of the molecule is [CH2]CCC[Si](OC)(OCC)OCC. The summed E-state index contributed by atoms with van der Waals surface area (Å²) in [5.41, 5.74) is 0. The molecule has 0 saturated carbocycles. The second-order valence-corrected chi connectivity index (χ2v) is 5.56. The molecule has 0 aromatic heterocycles. The third kappa shape index (κ3) is 4.76. The van der Waals surface area contributed by atoms with Gasteiger partial charge in [-0.05, 0) is 20.3 Å². The summed E-state index contributed by atoms with van der Waals surface area (Å²) in [5, 5.41) is 0. The normalized spacial score (nSPS) is 12.0. The van der Waals surface area contributed by atoms with Crippen molar-refractivity contribution in [2.75, 3.05) is 20.3 Å². The Morgan fingerprint density at radius 2 is 1.69 bits per heavy atom. The minimum absolute atomic E-state index is 0.650. The zero-order valence-corrected chi connectivity index (χ0v) is 9.97. The van der Waals surface area contributed by atoms with Crippen molar-refractivity contribution in [3.63, 3.8) is 0 Å². The van der Waals surface area contributed by atoms with Gasteiger partial charge in [0, 0.05) is 26.4 Å². The van der Waals surface area contributed by atoms with Crippen molar-refractivity contribution in [2.24, 2.45) is 0 Å². The van der Waals surface area contributed by atoms with Gasteiger partial charge in [-0.15, -0.1) is 0 Å². The fourth-order valence-corrected chi connectivity index (χ4v) is 3.56. The Morgan fingerprint density at radius 1 is 1.15 bits per heavy atom. The van der Waals surface area contributed by atoms with Gasteiger partial charge in [-0.25, -0.2) is 0 Å². The lowest BCUT2D eigenvalue weighted by atomic mass is 10.4. The van der Waals surface area contributed by atoms with Crippen molar-refractivity contribution in [2.45, 2.75) is 32.7 Å². The third-order valence-electron chi connectivity index (χ3n) is 1.77. The highest BCUT2D eigenvalue weighted by molar-refractivity contribution is 6.60. The van der Waals surface area contributed by atoms with Crippen molar-refractivity contribution in [1.29, 1.82) is 0 Å². The smallest absolute Gasteiger partial charge is 0.377 e. The lowest BCUT2D eigenvalue weighted by Crippen LogP contribution is -2.44. The quantitative estimate of drug-likeness (QED) is 0.569. The molecule has 0 aliphatic rings. The zero-order chi connectivity index (χ0) is 10.2. The van der Waals surface area contributed by atoms with Crippen molar-refractivity contribution < 1.29 is 13.3 Å². The summed E-state index contributed by atoms with van der Waals surface area (Å²) in [6.07, 6.45) is 1.90. The molecule has 0 atom stereocenters. The number of unbranched alkanes of at least 4 members (excludes halogenated alkanes) is 1. The van der Waals surface area contributed by atoms with Crippen molar-refractivity contribution in [3.05, 3.63) is 6.92 Å². The fourth-order valence-electron chi connectivity index (χ4n) is 1.19. The van der Waals surface area contributed by atoms with Gasteiger partial charge in [0.05, 0.1) is 0 Å². The van der Waals surface area contributed by atoms with Gasteiger partial charge >= 0.3 is 8.80 Å². The van der Waals surface area contributed by atoms with E-state index in [9.17, 15) is 0 Å². The van der Waals surface area contributed by atoms with E-state index in [1.165, 1.54) is 0 Å². The van der Waals surface area contributed by atoms with Crippen molar-refractivity contribution in [3.8, 4) is 0 Å². The van der Waals surface area contributed by atoms with Gasteiger partial charge in [-0.1, -0.05) is 13.3 Å². The molecule has 3 nitrogen and oxygen atoms in total. The molecule has 0 aromatic carbocycles.